The number of aromatic nitrogens is 3. The molecule has 0 aliphatic heterocycles. The lowest BCUT2D eigenvalue weighted by molar-refractivity contribution is -0.137. The number of pyridine rings is 1. The van der Waals surface area contributed by atoms with Crippen LogP contribution >= 0.6 is 11.6 Å². The lowest BCUT2D eigenvalue weighted by atomic mass is 9.81. The van der Waals surface area contributed by atoms with E-state index < -0.39 is 17.2 Å². The summed E-state index contributed by atoms with van der Waals surface area (Å²) in [6.45, 7) is 9.99. The van der Waals surface area contributed by atoms with Crippen LogP contribution in [0.15, 0.2) is 36.7 Å². The van der Waals surface area contributed by atoms with Gasteiger partial charge in [0.15, 0.2) is 0 Å². The van der Waals surface area contributed by atoms with Gasteiger partial charge in [-0.25, -0.2) is 15.0 Å². The van der Waals surface area contributed by atoms with Crippen LogP contribution in [0.25, 0.3) is 10.9 Å². The molecule has 2 aromatic heterocycles. The molecule has 0 aliphatic carbocycles. The Morgan fingerprint density at radius 2 is 1.62 bits per heavy atom. The van der Waals surface area contributed by atoms with Gasteiger partial charge in [-0.05, 0) is 30.2 Å². The molecule has 0 atom stereocenters. The minimum atomic E-state index is -4.47. The number of fused-ring (bicyclic) bond motifs is 1. The molecular weight excluding hydrogens is 399 g/mol. The number of benzene rings is 1. The zero-order chi connectivity index (χ0) is 21.6. The molecule has 0 saturated carbocycles. The highest BCUT2D eigenvalue weighted by Gasteiger charge is 2.34. The second kappa shape index (κ2) is 7.24. The summed E-state index contributed by atoms with van der Waals surface area (Å²) in [5.74, 6) is 0. The van der Waals surface area contributed by atoms with Crippen LogP contribution in [0.5, 0.6) is 0 Å². The lowest BCUT2D eigenvalue weighted by Crippen LogP contribution is -2.23. The highest BCUT2D eigenvalue weighted by Crippen LogP contribution is 2.35. The second-order valence-electron chi connectivity index (χ2n) is 8.95. The summed E-state index contributed by atoms with van der Waals surface area (Å²) in [5, 5.41) is 0.811. The Morgan fingerprint density at radius 3 is 2.24 bits per heavy atom. The first kappa shape index (κ1) is 21.5. The van der Waals surface area contributed by atoms with E-state index in [0.29, 0.717) is 12.1 Å². The molecular formula is C22H23ClF3N3. The summed E-state index contributed by atoms with van der Waals surface area (Å²) >= 11 is 5.88. The number of hydrogen-bond acceptors (Lipinski definition) is 3. The minimum Gasteiger partial charge on any atom is -0.241 e. The van der Waals surface area contributed by atoms with Crippen molar-refractivity contribution in [3.63, 3.8) is 0 Å². The molecule has 7 heteroatoms. The van der Waals surface area contributed by atoms with Crippen molar-refractivity contribution in [1.82, 2.24) is 15.0 Å². The van der Waals surface area contributed by atoms with Gasteiger partial charge in [-0.2, -0.15) is 13.2 Å². The van der Waals surface area contributed by atoms with Gasteiger partial charge in [-0.15, -0.1) is 0 Å². The summed E-state index contributed by atoms with van der Waals surface area (Å²) in [5.41, 5.74) is 1.46. The van der Waals surface area contributed by atoms with E-state index in [-0.39, 0.29) is 10.6 Å². The smallest absolute Gasteiger partial charge is 0.241 e. The second-order valence-corrected chi connectivity index (χ2v) is 9.33. The Kier molecular flexibility index (Phi) is 5.37. The number of alkyl halides is 3. The van der Waals surface area contributed by atoms with Gasteiger partial charge in [0.1, 0.15) is 11.5 Å². The third-order valence-electron chi connectivity index (χ3n) is 4.87. The molecule has 0 N–H and O–H groups in total. The molecule has 3 aromatic rings. The highest BCUT2D eigenvalue weighted by molar-refractivity contribution is 6.29. The topological polar surface area (TPSA) is 38.7 Å². The van der Waals surface area contributed by atoms with Crippen molar-refractivity contribution in [3.05, 3.63) is 64.3 Å². The maximum absolute atomic E-state index is 13.2. The van der Waals surface area contributed by atoms with E-state index >= 15 is 0 Å². The van der Waals surface area contributed by atoms with Crippen molar-refractivity contribution in [2.45, 2.75) is 58.0 Å². The van der Waals surface area contributed by atoms with Crippen molar-refractivity contribution in [2.24, 2.45) is 0 Å². The number of nitrogens with zero attached hydrogens (tertiary/aromatic N) is 3. The van der Waals surface area contributed by atoms with Gasteiger partial charge < -0.3 is 0 Å². The molecule has 0 aliphatic rings. The Morgan fingerprint density at radius 1 is 0.931 bits per heavy atom. The van der Waals surface area contributed by atoms with Gasteiger partial charge in [-0.3, -0.25) is 0 Å². The lowest BCUT2D eigenvalue weighted by Gasteiger charge is -2.26. The van der Waals surface area contributed by atoms with Crippen LogP contribution in [0.2, 0.25) is 5.15 Å². The van der Waals surface area contributed by atoms with Crippen LogP contribution in [0.1, 0.15) is 57.1 Å². The van der Waals surface area contributed by atoms with Crippen molar-refractivity contribution < 1.29 is 13.2 Å². The molecule has 0 radical (unpaired) electrons. The first-order valence-electron chi connectivity index (χ1n) is 9.27. The van der Waals surface area contributed by atoms with Crippen LogP contribution < -0.4 is 0 Å². The van der Waals surface area contributed by atoms with Gasteiger partial charge in [0, 0.05) is 21.9 Å². The predicted molar refractivity (Wildman–Crippen MR) is 109 cm³/mol. The molecule has 0 spiro atoms. The van der Waals surface area contributed by atoms with Gasteiger partial charge in [0.05, 0.1) is 16.8 Å². The summed E-state index contributed by atoms with van der Waals surface area (Å²) in [7, 11) is 0. The molecule has 3 nitrogen and oxygen atoms in total. The van der Waals surface area contributed by atoms with Gasteiger partial charge in [-0.1, -0.05) is 58.4 Å². The minimum absolute atomic E-state index is 0.124. The molecule has 0 bridgehead atoms. The van der Waals surface area contributed by atoms with Crippen LogP contribution in [-0.2, 0) is 23.4 Å². The van der Waals surface area contributed by atoms with Crippen molar-refractivity contribution in [2.75, 3.05) is 0 Å². The monoisotopic (exact) mass is 421 g/mol. The van der Waals surface area contributed by atoms with E-state index in [0.717, 1.165) is 34.3 Å². The number of halogens is 4. The average Bonchev–Trinajstić information content (AvgIpc) is 2.58. The maximum Gasteiger partial charge on any atom is 0.416 e. The predicted octanol–water partition coefficient (Wildman–Crippen LogP) is 6.51. The SMILES string of the molecule is CC(C)(C)c1ncnc2cc(CC(C)(C)c3cc(C(F)(F)F)cc(Cl)n3)ccc12. The molecule has 3 rings (SSSR count). The summed E-state index contributed by atoms with van der Waals surface area (Å²) in [6.07, 6.45) is -2.44. The summed E-state index contributed by atoms with van der Waals surface area (Å²) < 4.78 is 39.5. The third kappa shape index (κ3) is 4.69. The van der Waals surface area contributed by atoms with E-state index in [9.17, 15) is 13.2 Å². The van der Waals surface area contributed by atoms with Gasteiger partial charge >= 0.3 is 6.18 Å². The number of rotatable bonds is 3. The van der Waals surface area contributed by atoms with E-state index in [4.69, 9.17) is 11.6 Å². The molecule has 1 aromatic carbocycles. The molecule has 0 unspecified atom stereocenters. The zero-order valence-corrected chi connectivity index (χ0v) is 17.8. The fourth-order valence-electron chi connectivity index (χ4n) is 3.42. The molecule has 2 heterocycles. The van der Waals surface area contributed by atoms with E-state index in [1.807, 2.05) is 32.0 Å². The standard InChI is InChI=1S/C22H23ClF3N3/c1-20(2,3)19-15-7-6-13(8-16(15)27-12-28-19)11-21(4,5)17-9-14(22(24,25)26)10-18(23)29-17/h6-10,12H,11H2,1-5H3. The molecule has 154 valence electrons. The van der Waals surface area contributed by atoms with Crippen LogP contribution in [-0.4, -0.2) is 15.0 Å². The normalized spacial score (nSPS) is 13.1. The van der Waals surface area contributed by atoms with E-state index in [2.05, 4.69) is 35.7 Å². The largest absolute Gasteiger partial charge is 0.416 e. The molecule has 0 amide bonds. The third-order valence-corrected chi connectivity index (χ3v) is 5.07. The molecule has 0 saturated heterocycles. The van der Waals surface area contributed by atoms with Crippen LogP contribution in [0.4, 0.5) is 13.2 Å². The first-order valence-corrected chi connectivity index (χ1v) is 9.64. The molecule has 0 fully saturated rings. The summed E-state index contributed by atoms with van der Waals surface area (Å²) in [6, 6.07) is 7.84. The van der Waals surface area contributed by atoms with Crippen LogP contribution in [0.3, 0.4) is 0 Å². The van der Waals surface area contributed by atoms with Crippen molar-refractivity contribution >= 4 is 22.5 Å². The Bertz CT molecular complexity index is 1050. The maximum atomic E-state index is 13.2. The fourth-order valence-corrected chi connectivity index (χ4v) is 3.63. The van der Waals surface area contributed by atoms with Crippen molar-refractivity contribution in [1.29, 1.82) is 0 Å². The van der Waals surface area contributed by atoms with E-state index in [1.165, 1.54) is 0 Å². The summed E-state index contributed by atoms with van der Waals surface area (Å²) in [4.78, 5) is 13.0. The van der Waals surface area contributed by atoms with E-state index in [1.54, 1.807) is 6.33 Å². The quantitative estimate of drug-likeness (QED) is 0.452. The Hall–Kier alpha value is -2.21. The zero-order valence-electron chi connectivity index (χ0n) is 17.0. The van der Waals surface area contributed by atoms with Crippen LogP contribution in [0, 0.1) is 0 Å². The van der Waals surface area contributed by atoms with Gasteiger partial charge in [0.25, 0.3) is 0 Å². The fraction of sp³-hybridized carbons (Fsp3) is 0.409. The van der Waals surface area contributed by atoms with Gasteiger partial charge in [0.2, 0.25) is 0 Å². The average molecular weight is 422 g/mol. The number of hydrogen-bond donors (Lipinski definition) is 0. The Labute approximate surface area is 173 Å². The molecule has 29 heavy (non-hydrogen) atoms. The first-order chi connectivity index (χ1) is 13.3. The Balaban J connectivity index is 1.99. The van der Waals surface area contributed by atoms with Crippen molar-refractivity contribution in [3.8, 4) is 0 Å². The highest BCUT2D eigenvalue weighted by atomic mass is 35.5.